The molecule has 0 aliphatic heterocycles. The summed E-state index contributed by atoms with van der Waals surface area (Å²) in [6, 6.07) is 12.5. The van der Waals surface area contributed by atoms with Crippen LogP contribution in [0.1, 0.15) is 23.6 Å². The van der Waals surface area contributed by atoms with Crippen LogP contribution < -0.4 is 5.73 Å². The number of nitrogens with zero attached hydrogens (tertiary/aromatic N) is 1. The van der Waals surface area contributed by atoms with Gasteiger partial charge in [-0.05, 0) is 18.7 Å². The SMILES string of the molecule is CN(Cc1ccoc1)C(CC(N)=S)c1ccccc1. The van der Waals surface area contributed by atoms with Crippen molar-refractivity contribution in [1.29, 1.82) is 0 Å². The second-order valence-corrected chi connectivity index (χ2v) is 5.17. The van der Waals surface area contributed by atoms with Crippen molar-refractivity contribution in [3.8, 4) is 0 Å². The Morgan fingerprint density at radius 3 is 2.63 bits per heavy atom. The van der Waals surface area contributed by atoms with Gasteiger partial charge in [-0.25, -0.2) is 0 Å². The molecule has 0 saturated carbocycles. The van der Waals surface area contributed by atoms with Gasteiger partial charge < -0.3 is 10.2 Å². The van der Waals surface area contributed by atoms with Crippen molar-refractivity contribution in [1.82, 2.24) is 4.90 Å². The summed E-state index contributed by atoms with van der Waals surface area (Å²) in [7, 11) is 2.07. The number of thiocarbonyl (C=S) groups is 1. The normalized spacial score (nSPS) is 12.5. The third-order valence-electron chi connectivity index (χ3n) is 3.12. The molecule has 0 radical (unpaired) electrons. The highest BCUT2D eigenvalue weighted by molar-refractivity contribution is 7.80. The van der Waals surface area contributed by atoms with Crippen molar-refractivity contribution in [2.24, 2.45) is 5.73 Å². The third kappa shape index (κ3) is 3.91. The van der Waals surface area contributed by atoms with Crippen LogP contribution in [0.25, 0.3) is 0 Å². The Balaban J connectivity index is 2.15. The molecule has 2 aromatic rings. The number of hydrogen-bond acceptors (Lipinski definition) is 3. The van der Waals surface area contributed by atoms with Crippen LogP contribution in [0.15, 0.2) is 53.3 Å². The fourth-order valence-electron chi connectivity index (χ4n) is 2.17. The van der Waals surface area contributed by atoms with Gasteiger partial charge in [0.15, 0.2) is 0 Å². The molecule has 2 N–H and O–H groups in total. The Morgan fingerprint density at radius 2 is 2.05 bits per heavy atom. The number of furan rings is 1. The van der Waals surface area contributed by atoms with E-state index in [4.69, 9.17) is 22.4 Å². The van der Waals surface area contributed by atoms with Crippen LogP contribution in [0, 0.1) is 0 Å². The molecule has 2 rings (SSSR count). The lowest BCUT2D eigenvalue weighted by Gasteiger charge is -2.27. The van der Waals surface area contributed by atoms with E-state index in [1.807, 2.05) is 24.3 Å². The first-order valence-electron chi connectivity index (χ1n) is 6.21. The van der Waals surface area contributed by atoms with Gasteiger partial charge in [0.05, 0.1) is 17.5 Å². The predicted molar refractivity (Wildman–Crippen MR) is 80.8 cm³/mol. The molecule has 1 unspecified atom stereocenters. The average molecular weight is 274 g/mol. The number of rotatable bonds is 6. The average Bonchev–Trinajstić information content (AvgIpc) is 2.89. The smallest absolute Gasteiger partial charge is 0.0947 e. The molecule has 3 nitrogen and oxygen atoms in total. The van der Waals surface area contributed by atoms with E-state index in [1.165, 1.54) is 5.56 Å². The van der Waals surface area contributed by atoms with Gasteiger partial charge in [0.1, 0.15) is 0 Å². The van der Waals surface area contributed by atoms with Crippen LogP contribution in [0.5, 0.6) is 0 Å². The van der Waals surface area contributed by atoms with Gasteiger partial charge in [-0.15, -0.1) is 0 Å². The Hall–Kier alpha value is -1.65. The lowest BCUT2D eigenvalue weighted by atomic mass is 10.0. The zero-order valence-corrected chi connectivity index (χ0v) is 11.8. The molecule has 1 atom stereocenters. The highest BCUT2D eigenvalue weighted by atomic mass is 32.1. The summed E-state index contributed by atoms with van der Waals surface area (Å²) >= 11 is 5.07. The lowest BCUT2D eigenvalue weighted by Crippen LogP contribution is -2.27. The first-order chi connectivity index (χ1) is 9.16. The van der Waals surface area contributed by atoms with Gasteiger partial charge in [0.25, 0.3) is 0 Å². The van der Waals surface area contributed by atoms with Gasteiger partial charge in [0.2, 0.25) is 0 Å². The molecule has 1 aromatic carbocycles. The Bertz CT molecular complexity index is 510. The number of hydrogen-bond donors (Lipinski definition) is 1. The molecule has 1 aromatic heterocycles. The van der Waals surface area contributed by atoms with Crippen molar-refractivity contribution < 1.29 is 4.42 Å². The Kier molecular flexibility index (Phi) is 4.71. The van der Waals surface area contributed by atoms with Crippen molar-refractivity contribution in [2.75, 3.05) is 7.05 Å². The predicted octanol–water partition coefficient (Wildman–Crippen LogP) is 3.13. The van der Waals surface area contributed by atoms with Crippen LogP contribution in [-0.2, 0) is 6.54 Å². The van der Waals surface area contributed by atoms with E-state index in [9.17, 15) is 0 Å². The highest BCUT2D eigenvalue weighted by Crippen LogP contribution is 2.24. The van der Waals surface area contributed by atoms with Crippen LogP contribution in [0.4, 0.5) is 0 Å². The van der Waals surface area contributed by atoms with E-state index in [0.717, 1.165) is 12.1 Å². The molecule has 0 spiro atoms. The zero-order valence-electron chi connectivity index (χ0n) is 11.0. The van der Waals surface area contributed by atoms with Crippen molar-refractivity contribution in [2.45, 2.75) is 19.0 Å². The minimum Gasteiger partial charge on any atom is -0.472 e. The van der Waals surface area contributed by atoms with E-state index in [0.29, 0.717) is 11.4 Å². The van der Waals surface area contributed by atoms with Gasteiger partial charge in [-0.2, -0.15) is 0 Å². The topological polar surface area (TPSA) is 42.4 Å². The van der Waals surface area contributed by atoms with Gasteiger partial charge >= 0.3 is 0 Å². The third-order valence-corrected chi connectivity index (χ3v) is 3.29. The second kappa shape index (κ2) is 6.50. The quantitative estimate of drug-likeness (QED) is 0.822. The molecule has 4 heteroatoms. The van der Waals surface area contributed by atoms with E-state index in [-0.39, 0.29) is 6.04 Å². The molecule has 0 amide bonds. The lowest BCUT2D eigenvalue weighted by molar-refractivity contribution is 0.241. The van der Waals surface area contributed by atoms with E-state index in [1.54, 1.807) is 12.5 Å². The fourth-order valence-corrected chi connectivity index (χ4v) is 2.33. The van der Waals surface area contributed by atoms with Crippen molar-refractivity contribution in [3.05, 3.63) is 60.1 Å². The van der Waals surface area contributed by atoms with Crippen LogP contribution in [-0.4, -0.2) is 16.9 Å². The van der Waals surface area contributed by atoms with Gasteiger partial charge in [-0.3, -0.25) is 4.90 Å². The first-order valence-corrected chi connectivity index (χ1v) is 6.62. The first kappa shape index (κ1) is 13.8. The summed E-state index contributed by atoms with van der Waals surface area (Å²) in [5, 5.41) is 0. The largest absolute Gasteiger partial charge is 0.472 e. The van der Waals surface area contributed by atoms with Gasteiger partial charge in [0, 0.05) is 24.6 Å². The van der Waals surface area contributed by atoms with E-state index < -0.39 is 0 Å². The van der Waals surface area contributed by atoms with Gasteiger partial charge in [-0.1, -0.05) is 42.5 Å². The Morgan fingerprint density at radius 1 is 1.32 bits per heavy atom. The fraction of sp³-hybridized carbons (Fsp3) is 0.267. The molecule has 0 aliphatic rings. The van der Waals surface area contributed by atoms with Crippen LogP contribution in [0.3, 0.4) is 0 Å². The summed E-state index contributed by atoms with van der Waals surface area (Å²) < 4.78 is 5.10. The van der Waals surface area contributed by atoms with E-state index in [2.05, 4.69) is 24.1 Å². The summed E-state index contributed by atoms with van der Waals surface area (Å²) in [6.07, 6.45) is 4.13. The van der Waals surface area contributed by atoms with E-state index >= 15 is 0 Å². The monoisotopic (exact) mass is 274 g/mol. The molecular weight excluding hydrogens is 256 g/mol. The Labute approximate surface area is 119 Å². The number of nitrogens with two attached hydrogens (primary N) is 1. The maximum atomic E-state index is 5.73. The molecule has 0 aliphatic carbocycles. The summed E-state index contributed by atoms with van der Waals surface area (Å²) in [5.74, 6) is 0. The summed E-state index contributed by atoms with van der Waals surface area (Å²) in [6.45, 7) is 0.804. The minimum absolute atomic E-state index is 0.189. The summed E-state index contributed by atoms with van der Waals surface area (Å²) in [4.78, 5) is 2.77. The minimum atomic E-state index is 0.189. The molecule has 0 fully saturated rings. The summed E-state index contributed by atoms with van der Waals surface area (Å²) in [5.41, 5.74) is 8.10. The van der Waals surface area contributed by atoms with Crippen LogP contribution >= 0.6 is 12.2 Å². The molecule has 0 saturated heterocycles. The molecular formula is C15H18N2OS. The van der Waals surface area contributed by atoms with Crippen LogP contribution in [0.2, 0.25) is 0 Å². The van der Waals surface area contributed by atoms with Crippen molar-refractivity contribution in [3.63, 3.8) is 0 Å². The second-order valence-electron chi connectivity index (χ2n) is 4.64. The molecule has 19 heavy (non-hydrogen) atoms. The number of benzene rings is 1. The maximum Gasteiger partial charge on any atom is 0.0947 e. The molecule has 100 valence electrons. The zero-order chi connectivity index (χ0) is 13.7. The molecule has 0 bridgehead atoms. The molecule has 1 heterocycles. The standard InChI is InChI=1S/C15H18N2OS/c1-17(10-12-7-8-18-11-12)14(9-15(16)19)13-5-3-2-4-6-13/h2-8,11,14H,9-10H2,1H3,(H2,16,19). The maximum absolute atomic E-state index is 5.73. The highest BCUT2D eigenvalue weighted by Gasteiger charge is 2.18. The van der Waals surface area contributed by atoms with Crippen molar-refractivity contribution >= 4 is 17.2 Å².